The van der Waals surface area contributed by atoms with Crippen molar-refractivity contribution in [2.24, 2.45) is 5.92 Å². The summed E-state index contributed by atoms with van der Waals surface area (Å²) < 4.78 is 127. The van der Waals surface area contributed by atoms with Crippen molar-refractivity contribution in [2.45, 2.75) is 127 Å². The van der Waals surface area contributed by atoms with Crippen molar-refractivity contribution >= 4 is 11.9 Å². The average molecular weight is 1240 g/mol. The monoisotopic (exact) mass is 1240 g/mol. The molecule has 3 atom stereocenters. The van der Waals surface area contributed by atoms with Crippen LogP contribution in [0.4, 0.5) is 22.0 Å². The van der Waals surface area contributed by atoms with Crippen LogP contribution in [0.5, 0.6) is 11.5 Å². The molecule has 88 heavy (non-hydrogen) atoms. The predicted molar refractivity (Wildman–Crippen MR) is 312 cm³/mol. The minimum absolute atomic E-state index is 0.0458. The third kappa shape index (κ3) is 22.5. The van der Waals surface area contributed by atoms with E-state index in [-0.39, 0.29) is 75.8 Å². The second-order valence-corrected chi connectivity index (χ2v) is 22.2. The molecule has 25 heteroatoms. The van der Waals surface area contributed by atoms with Gasteiger partial charge in [0.05, 0.1) is 137 Å². The number of carbonyl (C=O) groups excluding carboxylic acids is 2. The summed E-state index contributed by atoms with van der Waals surface area (Å²) in [4.78, 5) is 27.8. The van der Waals surface area contributed by atoms with Crippen LogP contribution >= 0.6 is 0 Å². The number of nitrogens with zero attached hydrogens (tertiary/aromatic N) is 7. The highest BCUT2D eigenvalue weighted by atomic mass is 19.3. The van der Waals surface area contributed by atoms with E-state index < -0.39 is 35.1 Å². The van der Waals surface area contributed by atoms with Gasteiger partial charge in [-0.2, -0.15) is 0 Å². The van der Waals surface area contributed by atoms with Gasteiger partial charge in [0.15, 0.2) is 17.5 Å². The summed E-state index contributed by atoms with van der Waals surface area (Å²) in [5, 5.41) is 21.1. The van der Waals surface area contributed by atoms with Crippen LogP contribution in [-0.2, 0) is 60.4 Å². The number of carbonyl (C=O) groups is 2. The topological polar surface area (TPSA) is 203 Å². The number of alkyl halides is 2. The average Bonchev–Trinajstić information content (AvgIpc) is 2.67. The summed E-state index contributed by atoms with van der Waals surface area (Å²) in [6, 6.07) is 19.9. The Morgan fingerprint density at radius 2 is 1.19 bits per heavy atom. The van der Waals surface area contributed by atoms with Gasteiger partial charge in [0.25, 0.3) is 0 Å². The molecule has 5 aromatic rings. The molecule has 0 radical (unpaired) electrons. The fourth-order valence-corrected chi connectivity index (χ4v) is 11.3. The van der Waals surface area contributed by atoms with E-state index in [1.165, 1.54) is 0 Å². The number of unbranched alkanes of at least 4 members (excludes halogenated alkanes) is 1. The number of rotatable bonds is 42. The van der Waals surface area contributed by atoms with Gasteiger partial charge in [0.1, 0.15) is 17.4 Å². The summed E-state index contributed by atoms with van der Waals surface area (Å²) >= 11 is 0. The molecule has 20 nitrogen and oxygen atoms in total. The van der Waals surface area contributed by atoms with Crippen LogP contribution in [0.25, 0.3) is 11.4 Å². The van der Waals surface area contributed by atoms with E-state index in [1.54, 1.807) is 4.68 Å². The van der Waals surface area contributed by atoms with Gasteiger partial charge in [-0.15, -0.1) is 15.3 Å². The van der Waals surface area contributed by atoms with E-state index in [0.29, 0.717) is 123 Å². The normalized spacial score (nSPS) is 18.0. The van der Waals surface area contributed by atoms with Crippen LogP contribution in [0.1, 0.15) is 106 Å². The van der Waals surface area contributed by atoms with Gasteiger partial charge in [0, 0.05) is 67.3 Å². The van der Waals surface area contributed by atoms with Crippen molar-refractivity contribution in [1.29, 1.82) is 0 Å². The second kappa shape index (κ2) is 36.6. The van der Waals surface area contributed by atoms with Gasteiger partial charge in [-0.25, -0.2) is 26.6 Å². The lowest BCUT2D eigenvalue weighted by molar-refractivity contribution is -0.136. The molecule has 2 aromatic heterocycles. The highest BCUT2D eigenvalue weighted by Gasteiger charge is 2.43. The molecule has 2 aliphatic heterocycles. The molecular formula is C63H85F5N8O12. The van der Waals surface area contributed by atoms with Crippen molar-refractivity contribution in [3.8, 4) is 22.9 Å². The van der Waals surface area contributed by atoms with Crippen LogP contribution in [0.3, 0.4) is 0 Å². The molecule has 4 heterocycles. The van der Waals surface area contributed by atoms with E-state index in [4.69, 9.17) is 42.6 Å². The summed E-state index contributed by atoms with van der Waals surface area (Å²) in [6.07, 6.45) is 9.24. The molecule has 2 bridgehead atoms. The Labute approximate surface area is 511 Å². The third-order valence-electron chi connectivity index (χ3n) is 15.9. The lowest BCUT2D eigenvalue weighted by Crippen LogP contribution is -2.45. The number of ether oxygens (including phenoxy) is 10. The van der Waals surface area contributed by atoms with E-state index in [2.05, 4.69) is 52.2 Å². The number of aryl methyl sites for hydroxylation is 2. The number of nitrogens with one attached hydrogen (secondary N) is 1. The number of halogens is 5. The molecule has 1 aliphatic carbocycles. The maximum atomic E-state index is 13.9. The van der Waals surface area contributed by atoms with Gasteiger partial charge in [-0.05, 0) is 101 Å². The number of benzene rings is 3. The molecule has 0 spiro atoms. The lowest BCUT2D eigenvalue weighted by atomic mass is 9.86. The lowest BCUT2D eigenvalue weighted by Gasteiger charge is -2.40. The van der Waals surface area contributed by atoms with Crippen molar-refractivity contribution in [3.05, 3.63) is 107 Å². The van der Waals surface area contributed by atoms with E-state index in [1.807, 2.05) is 55.6 Å². The van der Waals surface area contributed by atoms with Crippen LogP contribution in [0, 0.1) is 30.3 Å². The fourth-order valence-electron chi connectivity index (χ4n) is 11.3. The van der Waals surface area contributed by atoms with Gasteiger partial charge in [-0.1, -0.05) is 35.5 Å². The van der Waals surface area contributed by atoms with Crippen molar-refractivity contribution in [2.75, 3.05) is 119 Å². The molecule has 3 aliphatic rings. The molecule has 484 valence electrons. The van der Waals surface area contributed by atoms with Gasteiger partial charge in [-0.3, -0.25) is 14.5 Å². The zero-order valence-electron chi connectivity index (χ0n) is 50.4. The molecule has 1 saturated carbocycles. The van der Waals surface area contributed by atoms with Crippen LogP contribution in [-0.4, -0.2) is 183 Å². The van der Waals surface area contributed by atoms with Crippen LogP contribution in [0.2, 0.25) is 0 Å². The van der Waals surface area contributed by atoms with Gasteiger partial charge >= 0.3 is 5.97 Å². The standard InChI is InChI=1S/C63H85F5N8O12/c1-46-70-72-61(76(46)54-43-52-12-13-53(44-54)75(52)22-18-58(47-7-3-2-4-8-47)69-62(78)49-16-20-63(67,68)21-17-49)48-10-14-55(15-11-48)87-24-6-5-9-51-45-74(73-71-51)23-26-80-28-30-82-32-34-84-36-38-86-40-39-85-37-35-83-33-31-81-29-27-79-25-19-59(77)88-60-56(65)41-50(64)42-57(60)66/h2-4,7-8,10-11,14-15,41-42,45,49,52-54,58H,5-6,9,12-13,16-40,43-44H2,1H3,(H,69,78)/t52?,53?,54?,58-/m0/s1. The zero-order valence-corrected chi connectivity index (χ0v) is 50.4. The number of aromatic nitrogens is 6. The van der Waals surface area contributed by atoms with E-state index >= 15 is 0 Å². The molecule has 1 amide bonds. The Balaban J connectivity index is 0.583. The summed E-state index contributed by atoms with van der Waals surface area (Å²) in [5.41, 5.74) is 2.97. The third-order valence-corrected chi connectivity index (χ3v) is 15.9. The van der Waals surface area contributed by atoms with Crippen molar-refractivity contribution in [1.82, 2.24) is 40.0 Å². The predicted octanol–water partition coefficient (Wildman–Crippen LogP) is 9.03. The largest absolute Gasteiger partial charge is 0.494 e. The van der Waals surface area contributed by atoms with Crippen molar-refractivity contribution < 1.29 is 78.9 Å². The smallest absolute Gasteiger partial charge is 0.313 e. The minimum Gasteiger partial charge on any atom is -0.494 e. The Morgan fingerprint density at radius 3 is 1.77 bits per heavy atom. The number of piperidine rings is 1. The molecular weight excluding hydrogens is 1160 g/mol. The quantitative estimate of drug-likeness (QED) is 0.0168. The van der Waals surface area contributed by atoms with Crippen LogP contribution < -0.4 is 14.8 Å². The van der Waals surface area contributed by atoms with Gasteiger partial charge < -0.3 is 57.3 Å². The zero-order chi connectivity index (χ0) is 61.8. The number of hydrogen-bond donors (Lipinski definition) is 1. The first kappa shape index (κ1) is 67.9. The van der Waals surface area contributed by atoms with E-state index in [9.17, 15) is 31.5 Å². The number of amides is 1. The maximum Gasteiger partial charge on any atom is 0.313 e. The number of hydrogen-bond acceptors (Lipinski definition) is 17. The highest BCUT2D eigenvalue weighted by Crippen LogP contribution is 2.43. The molecule has 2 saturated heterocycles. The molecule has 1 N–H and O–H groups in total. The molecule has 3 fully saturated rings. The molecule has 8 rings (SSSR count). The van der Waals surface area contributed by atoms with Gasteiger partial charge in [0.2, 0.25) is 17.6 Å². The number of fused-ring (bicyclic) bond motifs is 2. The highest BCUT2D eigenvalue weighted by molar-refractivity contribution is 5.79. The number of esters is 1. The Kier molecular flexibility index (Phi) is 28.2. The Morgan fingerprint density at radius 1 is 0.636 bits per heavy atom. The fraction of sp³-hybridized carbons (Fsp3) is 0.619. The van der Waals surface area contributed by atoms with Crippen molar-refractivity contribution in [3.63, 3.8) is 0 Å². The Bertz CT molecular complexity index is 2790. The summed E-state index contributed by atoms with van der Waals surface area (Å²) in [5.74, 6) is -6.18. The Hall–Kier alpha value is -6.03. The van der Waals surface area contributed by atoms with E-state index in [0.717, 1.165) is 92.1 Å². The first-order valence-corrected chi connectivity index (χ1v) is 30.9. The van der Waals surface area contributed by atoms with Crippen LogP contribution in [0.15, 0.2) is 72.9 Å². The maximum absolute atomic E-state index is 13.9. The molecule has 2 unspecified atom stereocenters. The second-order valence-electron chi connectivity index (χ2n) is 22.2. The molecule has 3 aromatic carbocycles. The first-order chi connectivity index (χ1) is 42.9. The summed E-state index contributed by atoms with van der Waals surface area (Å²) in [7, 11) is 0. The summed E-state index contributed by atoms with van der Waals surface area (Å²) in [6.45, 7) is 9.91. The first-order valence-electron chi connectivity index (χ1n) is 30.9. The minimum atomic E-state index is -2.67. The SMILES string of the molecule is Cc1nnc(-c2ccc(OCCCCc3cn(CCOCCOCCOCCOCCOCCOCCOCCOCCC(=O)Oc4c(F)cc(F)cc4F)nn3)cc2)n1C1CC2CCC(C1)N2CC[C@H](NC(=O)C1CCC(F)(F)CC1)c1ccccc1.